The SMILES string of the molecule is CCc1nc(Cl)c(C)c(Oc2cc(C(C)C)ccc2C)n1. The summed E-state index contributed by atoms with van der Waals surface area (Å²) in [7, 11) is 0. The summed E-state index contributed by atoms with van der Waals surface area (Å²) in [4.78, 5) is 8.68. The molecular formula is C17H21ClN2O. The van der Waals surface area contributed by atoms with Crippen molar-refractivity contribution in [1.82, 2.24) is 9.97 Å². The Morgan fingerprint density at radius 1 is 1.19 bits per heavy atom. The minimum Gasteiger partial charge on any atom is -0.438 e. The van der Waals surface area contributed by atoms with Crippen LogP contribution in [0.1, 0.15) is 49.2 Å². The lowest BCUT2D eigenvalue weighted by atomic mass is 10.0. The van der Waals surface area contributed by atoms with Gasteiger partial charge in [0.15, 0.2) is 0 Å². The maximum absolute atomic E-state index is 6.15. The topological polar surface area (TPSA) is 35.0 Å². The zero-order chi connectivity index (χ0) is 15.6. The van der Waals surface area contributed by atoms with Gasteiger partial charge in [0.05, 0.1) is 0 Å². The molecule has 0 N–H and O–H groups in total. The average molecular weight is 305 g/mol. The molecule has 0 aliphatic carbocycles. The van der Waals surface area contributed by atoms with Crippen molar-refractivity contribution in [3.63, 3.8) is 0 Å². The van der Waals surface area contributed by atoms with Gasteiger partial charge in [0.25, 0.3) is 0 Å². The Kier molecular flexibility index (Phi) is 4.84. The van der Waals surface area contributed by atoms with Crippen molar-refractivity contribution >= 4 is 11.6 Å². The first-order valence-electron chi connectivity index (χ1n) is 7.23. The largest absolute Gasteiger partial charge is 0.438 e. The number of rotatable bonds is 4. The van der Waals surface area contributed by atoms with Crippen LogP contribution in [0.15, 0.2) is 18.2 Å². The second kappa shape index (κ2) is 6.44. The van der Waals surface area contributed by atoms with Gasteiger partial charge in [-0.15, -0.1) is 0 Å². The highest BCUT2D eigenvalue weighted by Crippen LogP contribution is 2.31. The van der Waals surface area contributed by atoms with E-state index in [1.165, 1.54) is 5.56 Å². The van der Waals surface area contributed by atoms with E-state index in [0.29, 0.717) is 22.8 Å². The monoisotopic (exact) mass is 304 g/mol. The third-order valence-corrected chi connectivity index (χ3v) is 3.86. The Labute approximate surface area is 131 Å². The van der Waals surface area contributed by atoms with Gasteiger partial charge in [0.1, 0.15) is 16.7 Å². The standard InChI is InChI=1S/C17H21ClN2O/c1-6-15-19-16(18)12(5)17(20-15)21-14-9-13(10(2)3)8-7-11(14)4/h7-10H,6H2,1-5H3. The van der Waals surface area contributed by atoms with Crippen molar-refractivity contribution in [1.29, 1.82) is 0 Å². The predicted octanol–water partition coefficient (Wildman–Crippen LogP) is 5.22. The molecule has 0 bridgehead atoms. The molecule has 2 rings (SSSR count). The van der Waals surface area contributed by atoms with Crippen LogP contribution in [-0.4, -0.2) is 9.97 Å². The van der Waals surface area contributed by atoms with Gasteiger partial charge >= 0.3 is 0 Å². The van der Waals surface area contributed by atoms with Gasteiger partial charge in [-0.1, -0.05) is 44.5 Å². The molecule has 0 radical (unpaired) electrons. The number of hydrogen-bond donors (Lipinski definition) is 0. The lowest BCUT2D eigenvalue weighted by Gasteiger charge is -2.14. The van der Waals surface area contributed by atoms with E-state index in [4.69, 9.17) is 16.3 Å². The van der Waals surface area contributed by atoms with E-state index in [-0.39, 0.29) is 0 Å². The van der Waals surface area contributed by atoms with Crippen molar-refractivity contribution in [3.8, 4) is 11.6 Å². The van der Waals surface area contributed by atoms with E-state index in [1.807, 2.05) is 20.8 Å². The van der Waals surface area contributed by atoms with Crippen molar-refractivity contribution in [2.24, 2.45) is 0 Å². The molecule has 1 heterocycles. The fourth-order valence-corrected chi connectivity index (χ4v) is 2.14. The first kappa shape index (κ1) is 15.8. The number of hydrogen-bond acceptors (Lipinski definition) is 3. The van der Waals surface area contributed by atoms with E-state index in [9.17, 15) is 0 Å². The van der Waals surface area contributed by atoms with Gasteiger partial charge in [0, 0.05) is 12.0 Å². The van der Waals surface area contributed by atoms with E-state index in [0.717, 1.165) is 23.3 Å². The lowest BCUT2D eigenvalue weighted by molar-refractivity contribution is 0.450. The number of benzene rings is 1. The highest BCUT2D eigenvalue weighted by atomic mass is 35.5. The molecule has 0 amide bonds. The molecule has 2 aromatic rings. The Bertz CT molecular complexity index is 653. The molecule has 0 spiro atoms. The Balaban J connectivity index is 2.42. The summed E-state index contributed by atoms with van der Waals surface area (Å²) in [6.45, 7) is 10.2. The van der Waals surface area contributed by atoms with Gasteiger partial charge in [-0.2, -0.15) is 4.98 Å². The number of halogens is 1. The molecule has 0 aliphatic heterocycles. The highest BCUT2D eigenvalue weighted by Gasteiger charge is 2.13. The van der Waals surface area contributed by atoms with Crippen LogP contribution in [0.3, 0.4) is 0 Å². The van der Waals surface area contributed by atoms with E-state index >= 15 is 0 Å². The maximum atomic E-state index is 6.15. The summed E-state index contributed by atoms with van der Waals surface area (Å²) in [5.74, 6) is 2.50. The predicted molar refractivity (Wildman–Crippen MR) is 86.5 cm³/mol. The summed E-state index contributed by atoms with van der Waals surface area (Å²) < 4.78 is 6.02. The van der Waals surface area contributed by atoms with Gasteiger partial charge < -0.3 is 4.74 Å². The molecule has 0 saturated carbocycles. The van der Waals surface area contributed by atoms with Crippen LogP contribution < -0.4 is 4.74 Å². The highest BCUT2D eigenvalue weighted by molar-refractivity contribution is 6.30. The van der Waals surface area contributed by atoms with Crippen LogP contribution in [0.5, 0.6) is 11.6 Å². The Hall–Kier alpha value is -1.61. The molecule has 0 aliphatic rings. The van der Waals surface area contributed by atoms with Crippen molar-refractivity contribution in [2.75, 3.05) is 0 Å². The first-order chi connectivity index (χ1) is 9.92. The summed E-state index contributed by atoms with van der Waals surface area (Å²) in [5, 5.41) is 0.453. The molecule has 0 unspecified atom stereocenters. The first-order valence-corrected chi connectivity index (χ1v) is 7.61. The molecule has 3 nitrogen and oxygen atoms in total. The van der Waals surface area contributed by atoms with Crippen LogP contribution in [-0.2, 0) is 6.42 Å². The smallest absolute Gasteiger partial charge is 0.227 e. The number of nitrogens with zero attached hydrogens (tertiary/aromatic N) is 2. The molecule has 1 aromatic heterocycles. The Morgan fingerprint density at radius 2 is 1.90 bits per heavy atom. The third-order valence-electron chi connectivity index (χ3n) is 3.49. The average Bonchev–Trinajstić information content (AvgIpc) is 2.45. The van der Waals surface area contributed by atoms with Crippen molar-refractivity contribution < 1.29 is 4.74 Å². The van der Waals surface area contributed by atoms with E-state index < -0.39 is 0 Å². The minimum absolute atomic E-state index is 0.453. The molecule has 0 fully saturated rings. The summed E-state index contributed by atoms with van der Waals surface area (Å²) in [6, 6.07) is 6.27. The zero-order valence-corrected chi connectivity index (χ0v) is 14.0. The van der Waals surface area contributed by atoms with Crippen molar-refractivity contribution in [3.05, 3.63) is 45.9 Å². The lowest BCUT2D eigenvalue weighted by Crippen LogP contribution is -2.01. The fourth-order valence-electron chi connectivity index (χ4n) is 1.96. The van der Waals surface area contributed by atoms with Crippen LogP contribution in [0.25, 0.3) is 0 Å². The minimum atomic E-state index is 0.453. The maximum Gasteiger partial charge on any atom is 0.227 e. The van der Waals surface area contributed by atoms with E-state index in [1.54, 1.807) is 0 Å². The molecule has 1 aromatic carbocycles. The molecule has 0 atom stereocenters. The Morgan fingerprint density at radius 3 is 2.52 bits per heavy atom. The number of aromatic nitrogens is 2. The molecule has 112 valence electrons. The van der Waals surface area contributed by atoms with Gasteiger partial charge in [-0.05, 0) is 37.0 Å². The van der Waals surface area contributed by atoms with Crippen LogP contribution >= 0.6 is 11.6 Å². The molecule has 4 heteroatoms. The molecule has 0 saturated heterocycles. The van der Waals surface area contributed by atoms with Crippen LogP contribution in [0.4, 0.5) is 0 Å². The van der Waals surface area contributed by atoms with Gasteiger partial charge in [-0.25, -0.2) is 4.98 Å². The fraction of sp³-hybridized carbons (Fsp3) is 0.412. The second-order valence-corrected chi connectivity index (χ2v) is 5.85. The van der Waals surface area contributed by atoms with E-state index in [2.05, 4.69) is 42.0 Å². The molecule has 21 heavy (non-hydrogen) atoms. The molecular weight excluding hydrogens is 284 g/mol. The van der Waals surface area contributed by atoms with Crippen LogP contribution in [0.2, 0.25) is 5.15 Å². The summed E-state index contributed by atoms with van der Waals surface area (Å²) >= 11 is 6.15. The number of aryl methyl sites for hydroxylation is 2. The van der Waals surface area contributed by atoms with Crippen molar-refractivity contribution in [2.45, 2.75) is 47.0 Å². The normalized spacial score (nSPS) is 11.0. The summed E-state index contributed by atoms with van der Waals surface area (Å²) in [6.07, 6.45) is 0.724. The van der Waals surface area contributed by atoms with Gasteiger partial charge in [0.2, 0.25) is 5.88 Å². The third kappa shape index (κ3) is 3.53. The number of ether oxygens (including phenoxy) is 1. The second-order valence-electron chi connectivity index (χ2n) is 5.50. The quantitative estimate of drug-likeness (QED) is 0.726. The van der Waals surface area contributed by atoms with Gasteiger partial charge in [-0.3, -0.25) is 0 Å². The zero-order valence-electron chi connectivity index (χ0n) is 13.2. The van der Waals surface area contributed by atoms with Crippen LogP contribution in [0, 0.1) is 13.8 Å². The summed E-state index contributed by atoms with van der Waals surface area (Å²) in [5.41, 5.74) is 3.08.